The second-order valence-corrected chi connectivity index (χ2v) is 4.94. The number of benzene rings is 3. The molecular formula is C17H14ClN. The highest BCUT2D eigenvalue weighted by molar-refractivity contribution is 6.30. The molecule has 0 unspecified atom stereocenters. The standard InChI is InChI=1S/C17H14ClN/c18-15-8-4-9-16(11-15)19-12-14-7-3-6-13-5-1-2-10-17(13)14/h1-11,19H,12H2. The van der Waals surface area contributed by atoms with E-state index >= 15 is 0 Å². The quantitative estimate of drug-likeness (QED) is 0.696. The molecule has 0 aliphatic heterocycles. The largest absolute Gasteiger partial charge is 0.381 e. The van der Waals surface area contributed by atoms with Crippen molar-refractivity contribution in [2.24, 2.45) is 0 Å². The van der Waals surface area contributed by atoms with Crippen LogP contribution in [0, 0.1) is 0 Å². The van der Waals surface area contributed by atoms with Crippen molar-refractivity contribution in [3.63, 3.8) is 0 Å². The highest BCUT2D eigenvalue weighted by atomic mass is 35.5. The topological polar surface area (TPSA) is 12.0 Å². The van der Waals surface area contributed by atoms with Gasteiger partial charge < -0.3 is 5.32 Å². The third kappa shape index (κ3) is 2.72. The first-order valence-electron chi connectivity index (χ1n) is 6.29. The number of nitrogens with one attached hydrogen (secondary N) is 1. The molecule has 94 valence electrons. The fourth-order valence-corrected chi connectivity index (χ4v) is 2.43. The lowest BCUT2D eigenvalue weighted by Crippen LogP contribution is -1.99. The predicted octanol–water partition coefficient (Wildman–Crippen LogP) is 5.11. The average Bonchev–Trinajstić information content (AvgIpc) is 2.45. The summed E-state index contributed by atoms with van der Waals surface area (Å²) < 4.78 is 0. The highest BCUT2D eigenvalue weighted by Gasteiger charge is 2.00. The van der Waals surface area contributed by atoms with E-state index in [0.29, 0.717) is 0 Å². The second kappa shape index (κ2) is 5.33. The minimum Gasteiger partial charge on any atom is -0.381 e. The van der Waals surface area contributed by atoms with Crippen molar-refractivity contribution in [3.8, 4) is 0 Å². The zero-order valence-electron chi connectivity index (χ0n) is 10.4. The molecule has 3 rings (SSSR count). The van der Waals surface area contributed by atoms with Gasteiger partial charge in [-0.2, -0.15) is 0 Å². The first-order chi connectivity index (χ1) is 9.33. The maximum absolute atomic E-state index is 5.98. The molecule has 0 amide bonds. The summed E-state index contributed by atoms with van der Waals surface area (Å²) in [7, 11) is 0. The van der Waals surface area contributed by atoms with E-state index in [-0.39, 0.29) is 0 Å². The van der Waals surface area contributed by atoms with Crippen LogP contribution in [0.1, 0.15) is 5.56 Å². The minimum absolute atomic E-state index is 0.753. The van der Waals surface area contributed by atoms with E-state index in [1.807, 2.05) is 24.3 Å². The van der Waals surface area contributed by atoms with Crippen LogP contribution in [0.5, 0.6) is 0 Å². The van der Waals surface area contributed by atoms with Gasteiger partial charge in [-0.05, 0) is 34.5 Å². The fraction of sp³-hybridized carbons (Fsp3) is 0.0588. The number of rotatable bonds is 3. The van der Waals surface area contributed by atoms with Gasteiger partial charge in [-0.3, -0.25) is 0 Å². The number of hydrogen-bond donors (Lipinski definition) is 1. The third-order valence-electron chi connectivity index (χ3n) is 3.19. The Morgan fingerprint density at radius 2 is 1.63 bits per heavy atom. The van der Waals surface area contributed by atoms with Crippen molar-refractivity contribution in [2.45, 2.75) is 6.54 Å². The Morgan fingerprint density at radius 1 is 0.842 bits per heavy atom. The number of anilines is 1. The van der Waals surface area contributed by atoms with Crippen LogP contribution in [0.4, 0.5) is 5.69 Å². The lowest BCUT2D eigenvalue weighted by atomic mass is 10.0. The van der Waals surface area contributed by atoms with Crippen molar-refractivity contribution < 1.29 is 0 Å². The van der Waals surface area contributed by atoms with E-state index in [4.69, 9.17) is 11.6 Å². The summed E-state index contributed by atoms with van der Waals surface area (Å²) in [6.07, 6.45) is 0. The summed E-state index contributed by atoms with van der Waals surface area (Å²) in [4.78, 5) is 0. The fourth-order valence-electron chi connectivity index (χ4n) is 2.24. The zero-order valence-corrected chi connectivity index (χ0v) is 11.2. The highest BCUT2D eigenvalue weighted by Crippen LogP contribution is 2.20. The molecule has 1 nitrogen and oxygen atoms in total. The SMILES string of the molecule is Clc1cccc(NCc2cccc3ccccc23)c1. The maximum Gasteiger partial charge on any atom is 0.0426 e. The van der Waals surface area contributed by atoms with Gasteiger partial charge in [0, 0.05) is 17.3 Å². The van der Waals surface area contributed by atoms with Gasteiger partial charge >= 0.3 is 0 Å². The molecule has 0 aliphatic rings. The van der Waals surface area contributed by atoms with Crippen LogP contribution in [-0.4, -0.2) is 0 Å². The van der Waals surface area contributed by atoms with Crippen LogP contribution < -0.4 is 5.32 Å². The lowest BCUT2D eigenvalue weighted by Gasteiger charge is -2.09. The smallest absolute Gasteiger partial charge is 0.0426 e. The molecule has 3 aromatic rings. The Labute approximate surface area is 117 Å². The molecule has 0 saturated carbocycles. The summed E-state index contributed by atoms with van der Waals surface area (Å²) in [6.45, 7) is 0.793. The van der Waals surface area contributed by atoms with E-state index in [0.717, 1.165) is 17.3 Å². The van der Waals surface area contributed by atoms with Gasteiger partial charge in [0.25, 0.3) is 0 Å². The molecule has 0 radical (unpaired) electrons. The van der Waals surface area contributed by atoms with Crippen LogP contribution in [0.15, 0.2) is 66.7 Å². The number of hydrogen-bond acceptors (Lipinski definition) is 1. The normalized spacial score (nSPS) is 10.6. The summed E-state index contributed by atoms with van der Waals surface area (Å²) in [5.74, 6) is 0. The third-order valence-corrected chi connectivity index (χ3v) is 3.42. The molecule has 2 heteroatoms. The maximum atomic E-state index is 5.98. The van der Waals surface area contributed by atoms with Crippen molar-refractivity contribution in [1.29, 1.82) is 0 Å². The van der Waals surface area contributed by atoms with Crippen molar-refractivity contribution in [3.05, 3.63) is 77.3 Å². The van der Waals surface area contributed by atoms with E-state index < -0.39 is 0 Å². The molecule has 0 aromatic heterocycles. The van der Waals surface area contributed by atoms with Crippen LogP contribution >= 0.6 is 11.6 Å². The molecule has 0 aliphatic carbocycles. The molecule has 0 atom stereocenters. The lowest BCUT2D eigenvalue weighted by molar-refractivity contribution is 1.17. The van der Waals surface area contributed by atoms with E-state index in [2.05, 4.69) is 47.8 Å². The van der Waals surface area contributed by atoms with Crippen LogP contribution in [0.2, 0.25) is 5.02 Å². The van der Waals surface area contributed by atoms with Gasteiger partial charge in [-0.25, -0.2) is 0 Å². The molecule has 19 heavy (non-hydrogen) atoms. The number of halogens is 1. The van der Waals surface area contributed by atoms with Gasteiger partial charge in [0.1, 0.15) is 0 Å². The summed E-state index contributed by atoms with van der Waals surface area (Å²) in [5, 5.41) is 6.72. The Morgan fingerprint density at radius 3 is 2.53 bits per heavy atom. The van der Waals surface area contributed by atoms with Gasteiger partial charge in [0.15, 0.2) is 0 Å². The molecule has 1 N–H and O–H groups in total. The summed E-state index contributed by atoms with van der Waals surface area (Å²) >= 11 is 5.98. The first-order valence-corrected chi connectivity index (χ1v) is 6.67. The molecule has 0 bridgehead atoms. The molecular weight excluding hydrogens is 254 g/mol. The van der Waals surface area contributed by atoms with Gasteiger partial charge in [-0.15, -0.1) is 0 Å². The Bertz CT molecular complexity index is 701. The van der Waals surface area contributed by atoms with Gasteiger partial charge in [-0.1, -0.05) is 60.1 Å². The average molecular weight is 268 g/mol. The minimum atomic E-state index is 0.753. The second-order valence-electron chi connectivity index (χ2n) is 4.50. The molecule has 0 spiro atoms. The Kier molecular flexibility index (Phi) is 3.39. The van der Waals surface area contributed by atoms with E-state index in [1.165, 1.54) is 16.3 Å². The molecule has 3 aromatic carbocycles. The van der Waals surface area contributed by atoms with Crippen molar-refractivity contribution in [2.75, 3.05) is 5.32 Å². The number of fused-ring (bicyclic) bond motifs is 1. The first kappa shape index (κ1) is 12.1. The van der Waals surface area contributed by atoms with Crippen LogP contribution in [0.25, 0.3) is 10.8 Å². The van der Waals surface area contributed by atoms with E-state index in [1.54, 1.807) is 0 Å². The van der Waals surface area contributed by atoms with E-state index in [9.17, 15) is 0 Å². The van der Waals surface area contributed by atoms with Gasteiger partial charge in [0.05, 0.1) is 0 Å². The Hall–Kier alpha value is -1.99. The van der Waals surface area contributed by atoms with Crippen molar-refractivity contribution >= 4 is 28.1 Å². The molecule has 0 heterocycles. The molecule has 0 fully saturated rings. The van der Waals surface area contributed by atoms with Crippen LogP contribution in [-0.2, 0) is 6.54 Å². The summed E-state index contributed by atoms with van der Waals surface area (Å²) in [6, 6.07) is 22.6. The van der Waals surface area contributed by atoms with Crippen LogP contribution in [0.3, 0.4) is 0 Å². The molecule has 0 saturated heterocycles. The summed E-state index contributed by atoms with van der Waals surface area (Å²) in [5.41, 5.74) is 2.33. The van der Waals surface area contributed by atoms with Gasteiger partial charge in [0.2, 0.25) is 0 Å². The Balaban J connectivity index is 1.86. The van der Waals surface area contributed by atoms with Crippen molar-refractivity contribution in [1.82, 2.24) is 0 Å². The predicted molar refractivity (Wildman–Crippen MR) is 82.7 cm³/mol. The zero-order chi connectivity index (χ0) is 13.1. The monoisotopic (exact) mass is 267 g/mol.